The van der Waals surface area contributed by atoms with Crippen LogP contribution in [-0.2, 0) is 4.57 Å². The highest BCUT2D eigenvalue weighted by molar-refractivity contribution is 7.53. The van der Waals surface area contributed by atoms with Crippen molar-refractivity contribution in [1.29, 1.82) is 0 Å². The lowest BCUT2D eigenvalue weighted by atomic mass is 10.1. The predicted octanol–water partition coefficient (Wildman–Crippen LogP) is 6.93. The average molecular weight is 475 g/mol. The van der Waals surface area contributed by atoms with E-state index in [0.29, 0.717) is 10.9 Å². The normalized spacial score (nSPS) is 15.1. The number of hydrogen-bond donors (Lipinski definition) is 3. The van der Waals surface area contributed by atoms with E-state index in [1.807, 2.05) is 21.1 Å². The van der Waals surface area contributed by atoms with Gasteiger partial charge in [-0.05, 0) is 51.4 Å². The van der Waals surface area contributed by atoms with E-state index in [-0.39, 0.29) is 13.0 Å². The molecule has 0 aliphatic heterocycles. The highest BCUT2D eigenvalue weighted by Crippen LogP contribution is 2.52. The Morgan fingerprint density at radius 3 is 1.53 bits per heavy atom. The minimum Gasteiger partial charge on any atom is -0.373 e. The van der Waals surface area contributed by atoms with Crippen LogP contribution in [0.1, 0.15) is 110 Å². The number of nitrogens with zero attached hydrogens (tertiary/aromatic N) is 1. The smallest absolute Gasteiger partial charge is 0.362 e. The number of unbranched alkanes of at least 4 members (excludes halogenated alkanes) is 12. The SMILES string of the molecule is CCCCCCCCC/C=C\CC/C=C\CCCCCCC(O)(C[N+](C)(C)C)P(=O)(O)O. The summed E-state index contributed by atoms with van der Waals surface area (Å²) in [5.74, 6) is 0. The second kappa shape index (κ2) is 18.0. The summed E-state index contributed by atoms with van der Waals surface area (Å²) in [6, 6.07) is 0. The molecular formula is C26H53NO4P+. The van der Waals surface area contributed by atoms with E-state index in [9.17, 15) is 19.5 Å². The molecule has 0 aromatic rings. The second-order valence-corrected chi connectivity index (χ2v) is 12.3. The first-order valence-corrected chi connectivity index (χ1v) is 14.5. The zero-order valence-corrected chi connectivity index (χ0v) is 22.4. The third kappa shape index (κ3) is 18.0. The Morgan fingerprint density at radius 1 is 0.688 bits per heavy atom. The van der Waals surface area contributed by atoms with E-state index >= 15 is 0 Å². The van der Waals surface area contributed by atoms with Crippen molar-refractivity contribution in [3.05, 3.63) is 24.3 Å². The third-order valence-electron chi connectivity index (χ3n) is 5.78. The molecule has 1 unspecified atom stereocenters. The molecule has 0 fully saturated rings. The fraction of sp³-hybridized carbons (Fsp3) is 0.846. The molecule has 6 heteroatoms. The molecule has 0 saturated carbocycles. The summed E-state index contributed by atoms with van der Waals surface area (Å²) in [6.45, 7) is 2.31. The molecule has 0 aromatic heterocycles. The maximum atomic E-state index is 11.8. The standard InChI is InChI=1S/C26H52NO4P/c1-5-6-7-8-9-10-11-12-13-14-15-16-17-18-19-20-21-22-23-24-26(28,32(29,30)31)25-27(2,3)4/h13-14,17-18,28H,5-12,15-16,19-25H2,1-4H3,(H-,29,30,31)/p+1/b14-13-,18-17-. The maximum Gasteiger partial charge on any atom is 0.362 e. The molecule has 190 valence electrons. The minimum atomic E-state index is -4.55. The number of rotatable bonds is 21. The quantitative estimate of drug-likeness (QED) is 0.0729. The third-order valence-corrected chi connectivity index (χ3v) is 7.22. The monoisotopic (exact) mass is 474 g/mol. The van der Waals surface area contributed by atoms with E-state index in [1.165, 1.54) is 51.4 Å². The van der Waals surface area contributed by atoms with Crippen LogP contribution in [0.25, 0.3) is 0 Å². The van der Waals surface area contributed by atoms with E-state index < -0.39 is 12.9 Å². The van der Waals surface area contributed by atoms with Crippen LogP contribution in [0.3, 0.4) is 0 Å². The van der Waals surface area contributed by atoms with Crippen LogP contribution in [0, 0.1) is 0 Å². The van der Waals surface area contributed by atoms with Crippen molar-refractivity contribution >= 4 is 7.60 Å². The van der Waals surface area contributed by atoms with Crippen LogP contribution in [0.4, 0.5) is 0 Å². The van der Waals surface area contributed by atoms with Gasteiger partial charge in [-0.25, -0.2) is 0 Å². The molecule has 0 spiro atoms. The molecule has 0 radical (unpaired) electrons. The van der Waals surface area contributed by atoms with Crippen LogP contribution < -0.4 is 0 Å². The number of aliphatic hydroxyl groups is 1. The van der Waals surface area contributed by atoms with Gasteiger partial charge in [0, 0.05) is 0 Å². The van der Waals surface area contributed by atoms with Gasteiger partial charge in [0.1, 0.15) is 6.54 Å². The minimum absolute atomic E-state index is 0.0491. The predicted molar refractivity (Wildman–Crippen MR) is 138 cm³/mol. The second-order valence-electron chi connectivity index (χ2n) is 10.4. The van der Waals surface area contributed by atoms with Crippen molar-refractivity contribution < 1.29 is 23.9 Å². The highest BCUT2D eigenvalue weighted by Gasteiger charge is 2.48. The zero-order chi connectivity index (χ0) is 24.3. The fourth-order valence-electron chi connectivity index (χ4n) is 3.98. The highest BCUT2D eigenvalue weighted by atomic mass is 31.2. The Morgan fingerprint density at radius 2 is 1.09 bits per heavy atom. The molecule has 0 bridgehead atoms. The molecule has 32 heavy (non-hydrogen) atoms. The molecule has 3 N–H and O–H groups in total. The Balaban J connectivity index is 3.71. The summed E-state index contributed by atoms with van der Waals surface area (Å²) in [6.07, 6.45) is 26.9. The first kappa shape index (κ1) is 31.6. The summed E-state index contributed by atoms with van der Waals surface area (Å²) < 4.78 is 12.1. The van der Waals surface area contributed by atoms with E-state index in [4.69, 9.17) is 0 Å². The van der Waals surface area contributed by atoms with Gasteiger partial charge in [-0.1, -0.05) is 82.6 Å². The summed E-state index contributed by atoms with van der Waals surface area (Å²) in [7, 11) is 0.943. The lowest BCUT2D eigenvalue weighted by Crippen LogP contribution is -2.49. The number of allylic oxidation sites excluding steroid dienone is 4. The van der Waals surface area contributed by atoms with Crippen molar-refractivity contribution in [2.75, 3.05) is 27.7 Å². The molecule has 1 atom stereocenters. The Bertz CT molecular complexity index is 551. The lowest BCUT2D eigenvalue weighted by molar-refractivity contribution is -0.875. The number of likely N-dealkylation sites (N-methyl/N-ethyl adjacent to an activating group) is 1. The molecule has 0 saturated heterocycles. The molecule has 0 aromatic carbocycles. The summed E-state index contributed by atoms with van der Waals surface area (Å²) in [4.78, 5) is 19.2. The largest absolute Gasteiger partial charge is 0.373 e. The van der Waals surface area contributed by atoms with Crippen molar-refractivity contribution in [2.24, 2.45) is 0 Å². The number of quaternary nitrogens is 1. The molecule has 0 heterocycles. The van der Waals surface area contributed by atoms with Crippen LogP contribution in [0.2, 0.25) is 0 Å². The van der Waals surface area contributed by atoms with Crippen molar-refractivity contribution in [3.63, 3.8) is 0 Å². The molecular weight excluding hydrogens is 421 g/mol. The Kier molecular flexibility index (Phi) is 17.7. The van der Waals surface area contributed by atoms with Gasteiger partial charge in [0.2, 0.25) is 5.34 Å². The lowest BCUT2D eigenvalue weighted by Gasteiger charge is -2.35. The van der Waals surface area contributed by atoms with Crippen molar-refractivity contribution in [2.45, 2.75) is 115 Å². The zero-order valence-electron chi connectivity index (χ0n) is 21.5. The number of hydrogen-bond acceptors (Lipinski definition) is 2. The molecule has 0 aliphatic rings. The first-order chi connectivity index (χ1) is 15.0. The summed E-state index contributed by atoms with van der Waals surface area (Å²) in [5.41, 5.74) is 0. The van der Waals surface area contributed by atoms with Crippen LogP contribution in [0.15, 0.2) is 24.3 Å². The van der Waals surface area contributed by atoms with Crippen molar-refractivity contribution in [1.82, 2.24) is 0 Å². The van der Waals surface area contributed by atoms with Gasteiger partial charge in [-0.2, -0.15) is 0 Å². The topological polar surface area (TPSA) is 77.8 Å². The molecule has 5 nitrogen and oxygen atoms in total. The summed E-state index contributed by atoms with van der Waals surface area (Å²) in [5, 5.41) is 8.61. The van der Waals surface area contributed by atoms with Gasteiger partial charge in [-0.3, -0.25) is 4.57 Å². The van der Waals surface area contributed by atoms with E-state index in [1.54, 1.807) is 0 Å². The van der Waals surface area contributed by atoms with Gasteiger partial charge < -0.3 is 19.4 Å². The van der Waals surface area contributed by atoms with Crippen LogP contribution >= 0.6 is 7.60 Å². The maximum absolute atomic E-state index is 11.8. The molecule has 0 aliphatic carbocycles. The first-order valence-electron chi connectivity index (χ1n) is 12.9. The van der Waals surface area contributed by atoms with Gasteiger partial charge in [-0.15, -0.1) is 0 Å². The van der Waals surface area contributed by atoms with Gasteiger partial charge >= 0.3 is 7.60 Å². The Labute approximate surface area is 198 Å². The molecule has 0 amide bonds. The van der Waals surface area contributed by atoms with Gasteiger partial charge in [0.25, 0.3) is 0 Å². The van der Waals surface area contributed by atoms with Crippen LogP contribution in [0.5, 0.6) is 0 Å². The van der Waals surface area contributed by atoms with Gasteiger partial charge in [0.15, 0.2) is 0 Å². The van der Waals surface area contributed by atoms with E-state index in [2.05, 4.69) is 31.2 Å². The van der Waals surface area contributed by atoms with Crippen LogP contribution in [-0.4, -0.2) is 52.4 Å². The van der Waals surface area contributed by atoms with Crippen molar-refractivity contribution in [3.8, 4) is 0 Å². The average Bonchev–Trinajstić information content (AvgIpc) is 2.67. The Hall–Kier alpha value is -0.450. The molecule has 0 rings (SSSR count). The van der Waals surface area contributed by atoms with E-state index in [0.717, 1.165) is 38.5 Å². The van der Waals surface area contributed by atoms with Gasteiger partial charge in [0.05, 0.1) is 21.1 Å². The fourth-order valence-corrected chi connectivity index (χ4v) is 5.04. The summed E-state index contributed by atoms with van der Waals surface area (Å²) >= 11 is 0.